The van der Waals surface area contributed by atoms with Crippen molar-refractivity contribution in [3.63, 3.8) is 0 Å². The van der Waals surface area contributed by atoms with E-state index in [1.54, 1.807) is 28.6 Å². The van der Waals surface area contributed by atoms with Gasteiger partial charge in [-0.15, -0.1) is 11.3 Å². The molecule has 1 saturated carbocycles. The minimum absolute atomic E-state index is 0.119. The van der Waals surface area contributed by atoms with E-state index in [1.807, 2.05) is 0 Å². The van der Waals surface area contributed by atoms with Crippen molar-refractivity contribution in [1.82, 2.24) is 14.2 Å². The van der Waals surface area contributed by atoms with Crippen LogP contribution in [0.4, 0.5) is 5.13 Å². The number of anilines is 1. The van der Waals surface area contributed by atoms with E-state index in [4.69, 9.17) is 23.2 Å². The third-order valence-corrected chi connectivity index (χ3v) is 9.43. The van der Waals surface area contributed by atoms with Gasteiger partial charge in [0, 0.05) is 34.7 Å². The highest BCUT2D eigenvalue weighted by atomic mass is 35.5. The summed E-state index contributed by atoms with van der Waals surface area (Å²) < 4.78 is 27.3. The molecule has 0 spiro atoms. The average molecular weight is 560 g/mol. The smallest absolute Gasteiger partial charge is 0.248 e. The molecule has 0 radical (unpaired) electrons. The summed E-state index contributed by atoms with van der Waals surface area (Å²) in [6.07, 6.45) is 7.68. The molecule has 35 heavy (non-hydrogen) atoms. The Morgan fingerprint density at radius 3 is 2.49 bits per heavy atom. The molecule has 0 unspecified atom stereocenters. The number of carbonyl (C=O) groups excluding carboxylic acids is 2. The van der Waals surface area contributed by atoms with Crippen LogP contribution in [-0.4, -0.2) is 60.1 Å². The average Bonchev–Trinajstić information content (AvgIpc) is 3.30. The molecule has 1 aliphatic carbocycles. The maximum atomic E-state index is 13.2. The van der Waals surface area contributed by atoms with E-state index in [0.29, 0.717) is 33.1 Å². The molecule has 1 aliphatic heterocycles. The second-order valence-corrected chi connectivity index (χ2v) is 12.8. The van der Waals surface area contributed by atoms with E-state index in [-0.39, 0.29) is 37.2 Å². The fourth-order valence-electron chi connectivity index (χ4n) is 4.82. The van der Waals surface area contributed by atoms with Gasteiger partial charge >= 0.3 is 0 Å². The molecule has 2 amide bonds. The van der Waals surface area contributed by atoms with E-state index < -0.39 is 16.1 Å². The number of hydrogen-bond donors (Lipinski definition) is 1. The number of carbonyl (C=O) groups is 2. The van der Waals surface area contributed by atoms with Gasteiger partial charge in [0.05, 0.1) is 12.3 Å². The first-order valence-corrected chi connectivity index (χ1v) is 14.9. The molecule has 2 aromatic rings. The Morgan fingerprint density at radius 2 is 1.86 bits per heavy atom. The van der Waals surface area contributed by atoms with Gasteiger partial charge in [-0.25, -0.2) is 13.4 Å². The van der Waals surface area contributed by atoms with Crippen molar-refractivity contribution in [1.29, 1.82) is 0 Å². The molecule has 8 nitrogen and oxygen atoms in total. The Kier molecular flexibility index (Phi) is 8.70. The van der Waals surface area contributed by atoms with Crippen LogP contribution in [0.5, 0.6) is 0 Å². The minimum Gasteiger partial charge on any atom is -0.328 e. The number of benzene rings is 1. The summed E-state index contributed by atoms with van der Waals surface area (Å²) in [5.74, 6) is -0.600. The van der Waals surface area contributed by atoms with Gasteiger partial charge in [-0.3, -0.25) is 9.59 Å². The Balaban J connectivity index is 1.46. The van der Waals surface area contributed by atoms with E-state index in [9.17, 15) is 18.0 Å². The predicted octanol–water partition coefficient (Wildman–Crippen LogP) is 4.40. The number of amides is 2. The fraction of sp³-hybridized carbons (Fsp3) is 0.522. The minimum atomic E-state index is -3.78. The summed E-state index contributed by atoms with van der Waals surface area (Å²) in [6.45, 7) is -0.0343. The Bertz CT molecular complexity index is 1130. The summed E-state index contributed by atoms with van der Waals surface area (Å²) in [5, 5.41) is 5.78. The maximum absolute atomic E-state index is 13.2. The van der Waals surface area contributed by atoms with E-state index in [2.05, 4.69) is 10.3 Å². The molecule has 0 bridgehead atoms. The second kappa shape index (κ2) is 11.6. The molecule has 2 aliphatic rings. The zero-order valence-corrected chi connectivity index (χ0v) is 22.3. The summed E-state index contributed by atoms with van der Waals surface area (Å²) >= 11 is 13.3. The van der Waals surface area contributed by atoms with E-state index in [0.717, 1.165) is 25.7 Å². The molecule has 1 atom stereocenters. The van der Waals surface area contributed by atoms with Gasteiger partial charge in [0.25, 0.3) is 0 Å². The zero-order chi connectivity index (χ0) is 25.0. The third-order valence-electron chi connectivity index (χ3n) is 6.51. The van der Waals surface area contributed by atoms with Crippen molar-refractivity contribution in [2.45, 2.75) is 50.3 Å². The Morgan fingerprint density at radius 1 is 1.14 bits per heavy atom. The first-order chi connectivity index (χ1) is 16.7. The highest BCUT2D eigenvalue weighted by Crippen LogP contribution is 2.30. The van der Waals surface area contributed by atoms with Gasteiger partial charge < -0.3 is 10.2 Å². The van der Waals surface area contributed by atoms with Crippen LogP contribution in [0.25, 0.3) is 0 Å². The molecule has 4 rings (SSSR count). The van der Waals surface area contributed by atoms with Crippen molar-refractivity contribution < 1.29 is 18.0 Å². The van der Waals surface area contributed by atoms with Crippen LogP contribution in [-0.2, 0) is 25.4 Å². The number of rotatable bonds is 8. The van der Waals surface area contributed by atoms with Gasteiger partial charge in [0.2, 0.25) is 21.8 Å². The van der Waals surface area contributed by atoms with Crippen molar-refractivity contribution in [2.24, 2.45) is 5.92 Å². The number of nitrogens with one attached hydrogen (secondary N) is 1. The SMILES string of the molecule is O=C(Nc1nccs1)[C@H](CC1CCCCC1)N1CCN(S(=O)(=O)Cc2cc(Cl)cc(Cl)c2)CC1=O. The molecule has 2 heterocycles. The fourth-order valence-corrected chi connectivity index (χ4v) is 7.36. The lowest BCUT2D eigenvalue weighted by Gasteiger charge is -2.39. The van der Waals surface area contributed by atoms with E-state index in [1.165, 1.54) is 28.1 Å². The lowest BCUT2D eigenvalue weighted by molar-refractivity contribution is -0.142. The second-order valence-electron chi connectivity index (χ2n) is 9.04. The molecule has 190 valence electrons. The first kappa shape index (κ1) is 26.3. The Hall–Kier alpha value is -1.72. The van der Waals surface area contributed by atoms with Crippen LogP contribution >= 0.6 is 34.5 Å². The zero-order valence-electron chi connectivity index (χ0n) is 19.2. The van der Waals surface area contributed by atoms with Gasteiger partial charge in [-0.2, -0.15) is 4.31 Å². The first-order valence-electron chi connectivity index (χ1n) is 11.6. The highest BCUT2D eigenvalue weighted by molar-refractivity contribution is 7.88. The standard InChI is InChI=1S/C23H28Cl2N4O4S2/c24-18-10-17(11-19(25)13-18)15-35(32,33)28-7-8-29(21(30)14-28)20(12-16-4-2-1-3-5-16)22(31)27-23-26-6-9-34-23/h6,9-11,13,16,20H,1-5,7-8,12,14-15H2,(H,26,27,31)/t20-/m0/s1. The molecule has 1 N–H and O–H groups in total. The molecule has 2 fully saturated rings. The highest BCUT2D eigenvalue weighted by Gasteiger charge is 2.38. The number of thiazole rings is 1. The molecule has 1 aromatic heterocycles. The van der Waals surface area contributed by atoms with Crippen molar-refractivity contribution in [3.05, 3.63) is 45.4 Å². The van der Waals surface area contributed by atoms with Crippen LogP contribution < -0.4 is 5.32 Å². The lowest BCUT2D eigenvalue weighted by atomic mass is 9.84. The van der Waals surface area contributed by atoms with Crippen molar-refractivity contribution in [3.8, 4) is 0 Å². The summed E-state index contributed by atoms with van der Waals surface area (Å²) in [6, 6.07) is 3.97. The molecular weight excluding hydrogens is 531 g/mol. The van der Waals surface area contributed by atoms with E-state index >= 15 is 0 Å². The van der Waals surface area contributed by atoms with Crippen LogP contribution in [0.15, 0.2) is 29.8 Å². The number of nitrogens with zero attached hydrogens (tertiary/aromatic N) is 3. The lowest BCUT2D eigenvalue weighted by Crippen LogP contribution is -2.58. The van der Waals surface area contributed by atoms with Gasteiger partial charge in [0.15, 0.2) is 5.13 Å². The molecule has 1 saturated heterocycles. The molecule has 1 aromatic carbocycles. The molecular formula is C23H28Cl2N4O4S2. The number of hydrogen-bond acceptors (Lipinski definition) is 6. The largest absolute Gasteiger partial charge is 0.328 e. The van der Waals surface area contributed by atoms with Gasteiger partial charge in [-0.1, -0.05) is 55.3 Å². The number of sulfonamides is 1. The maximum Gasteiger partial charge on any atom is 0.248 e. The number of piperazine rings is 1. The number of aromatic nitrogens is 1. The van der Waals surface area contributed by atoms with Crippen LogP contribution in [0.3, 0.4) is 0 Å². The topological polar surface area (TPSA) is 99.7 Å². The van der Waals surface area contributed by atoms with Crippen LogP contribution in [0.1, 0.15) is 44.1 Å². The van der Waals surface area contributed by atoms with Crippen LogP contribution in [0.2, 0.25) is 10.0 Å². The molecule has 12 heteroatoms. The Labute approximate surface area is 219 Å². The van der Waals surface area contributed by atoms with Crippen LogP contribution in [0, 0.1) is 5.92 Å². The summed E-state index contributed by atoms with van der Waals surface area (Å²) in [7, 11) is -3.78. The summed E-state index contributed by atoms with van der Waals surface area (Å²) in [5.41, 5.74) is 0.454. The monoisotopic (exact) mass is 558 g/mol. The summed E-state index contributed by atoms with van der Waals surface area (Å²) in [4.78, 5) is 32.1. The van der Waals surface area contributed by atoms with Crippen molar-refractivity contribution >= 4 is 61.5 Å². The van der Waals surface area contributed by atoms with Gasteiger partial charge in [0.1, 0.15) is 6.04 Å². The van der Waals surface area contributed by atoms with Crippen molar-refractivity contribution in [2.75, 3.05) is 25.0 Å². The number of halogens is 2. The quantitative estimate of drug-likeness (QED) is 0.517. The third kappa shape index (κ3) is 6.95. The van der Waals surface area contributed by atoms with Gasteiger partial charge in [-0.05, 0) is 36.1 Å². The predicted molar refractivity (Wildman–Crippen MR) is 138 cm³/mol. The normalized spacial score (nSPS) is 19.0.